The normalized spacial score (nSPS) is 11.4. The maximum Gasteiger partial charge on any atom is 0.433 e. The van der Waals surface area contributed by atoms with E-state index in [1.807, 2.05) is 0 Å². The highest BCUT2D eigenvalue weighted by Crippen LogP contribution is 2.29. The van der Waals surface area contributed by atoms with Crippen molar-refractivity contribution in [1.29, 1.82) is 0 Å². The summed E-state index contributed by atoms with van der Waals surface area (Å²) in [7, 11) is 1.46. The van der Waals surface area contributed by atoms with Crippen LogP contribution in [0.1, 0.15) is 5.69 Å². The van der Waals surface area contributed by atoms with Crippen molar-refractivity contribution >= 4 is 11.5 Å². The summed E-state index contributed by atoms with van der Waals surface area (Å²) < 4.78 is 36.3. The third kappa shape index (κ3) is 2.01. The molecular weight excluding hydrogens is 183 g/mol. The van der Waals surface area contributed by atoms with Gasteiger partial charge in [-0.05, 0) is 12.1 Å². The Labute approximate surface area is 72.8 Å². The van der Waals surface area contributed by atoms with Gasteiger partial charge in [-0.15, -0.1) is 0 Å². The smallest absolute Gasteiger partial charge is 0.396 e. The third-order valence-corrected chi connectivity index (χ3v) is 1.45. The van der Waals surface area contributed by atoms with E-state index in [0.29, 0.717) is 0 Å². The fraction of sp³-hybridized carbons (Fsp3) is 0.286. The molecule has 0 aliphatic rings. The predicted octanol–water partition coefficient (Wildman–Crippen LogP) is 1.72. The van der Waals surface area contributed by atoms with Crippen LogP contribution in [0.4, 0.5) is 24.7 Å². The molecule has 0 saturated carbocycles. The first-order valence-electron chi connectivity index (χ1n) is 3.46. The molecule has 1 rings (SSSR count). The number of pyridine rings is 1. The number of aromatic nitrogens is 1. The van der Waals surface area contributed by atoms with Crippen molar-refractivity contribution in [2.24, 2.45) is 0 Å². The topological polar surface area (TPSA) is 50.9 Å². The minimum Gasteiger partial charge on any atom is -0.396 e. The summed E-state index contributed by atoms with van der Waals surface area (Å²) in [5, 5.41) is 2.47. The van der Waals surface area contributed by atoms with Gasteiger partial charge in [0.2, 0.25) is 0 Å². The molecule has 0 bridgehead atoms. The lowest BCUT2D eigenvalue weighted by atomic mass is 10.3. The summed E-state index contributed by atoms with van der Waals surface area (Å²) in [5.74, 6) is 0.0369. The summed E-state index contributed by atoms with van der Waals surface area (Å²) in [6.45, 7) is 0. The molecule has 1 aromatic heterocycles. The van der Waals surface area contributed by atoms with E-state index in [1.54, 1.807) is 0 Å². The molecule has 0 atom stereocenters. The first kappa shape index (κ1) is 9.63. The number of hydrogen-bond donors (Lipinski definition) is 2. The summed E-state index contributed by atoms with van der Waals surface area (Å²) in [5.41, 5.74) is 4.59. The van der Waals surface area contributed by atoms with E-state index in [2.05, 4.69) is 10.3 Å². The van der Waals surface area contributed by atoms with Gasteiger partial charge >= 0.3 is 6.18 Å². The van der Waals surface area contributed by atoms with Gasteiger partial charge in [-0.3, -0.25) is 0 Å². The number of nitrogens with two attached hydrogens (primary N) is 1. The number of nitrogen functional groups attached to an aromatic ring is 1. The Balaban J connectivity index is 3.14. The average Bonchev–Trinajstić information content (AvgIpc) is 2.03. The van der Waals surface area contributed by atoms with Crippen LogP contribution in [-0.2, 0) is 6.18 Å². The Kier molecular flexibility index (Phi) is 2.31. The second kappa shape index (κ2) is 3.12. The van der Waals surface area contributed by atoms with Crippen molar-refractivity contribution in [3.63, 3.8) is 0 Å². The van der Waals surface area contributed by atoms with E-state index in [1.165, 1.54) is 13.1 Å². The SMILES string of the molecule is CNc1nc(C(F)(F)F)ccc1N. The predicted molar refractivity (Wildman–Crippen MR) is 43.2 cm³/mol. The van der Waals surface area contributed by atoms with Gasteiger partial charge in [-0.2, -0.15) is 13.2 Å². The molecule has 0 radical (unpaired) electrons. The summed E-state index contributed by atoms with van der Waals surface area (Å²) in [4.78, 5) is 3.30. The number of nitrogens with zero attached hydrogens (tertiary/aromatic N) is 1. The minimum atomic E-state index is -4.43. The zero-order valence-electron chi connectivity index (χ0n) is 6.81. The maximum absolute atomic E-state index is 12.1. The monoisotopic (exact) mass is 191 g/mol. The van der Waals surface area contributed by atoms with Gasteiger partial charge in [-0.25, -0.2) is 4.98 Å². The van der Waals surface area contributed by atoms with Gasteiger partial charge in [0.15, 0.2) is 0 Å². The van der Waals surface area contributed by atoms with Gasteiger partial charge in [0.05, 0.1) is 5.69 Å². The number of hydrogen-bond acceptors (Lipinski definition) is 3. The van der Waals surface area contributed by atoms with Crippen molar-refractivity contribution in [1.82, 2.24) is 4.98 Å². The molecule has 72 valence electrons. The van der Waals surface area contributed by atoms with E-state index in [-0.39, 0.29) is 11.5 Å². The highest BCUT2D eigenvalue weighted by atomic mass is 19.4. The second-order valence-electron chi connectivity index (χ2n) is 2.38. The van der Waals surface area contributed by atoms with E-state index in [0.717, 1.165) is 6.07 Å². The molecule has 1 aromatic rings. The number of alkyl halides is 3. The lowest BCUT2D eigenvalue weighted by Crippen LogP contribution is -2.10. The molecule has 0 aromatic carbocycles. The molecular formula is C7H8F3N3. The maximum atomic E-state index is 12.1. The molecule has 3 N–H and O–H groups in total. The van der Waals surface area contributed by atoms with Gasteiger partial charge in [0, 0.05) is 7.05 Å². The first-order chi connectivity index (χ1) is 5.95. The van der Waals surface area contributed by atoms with E-state index < -0.39 is 11.9 Å². The van der Waals surface area contributed by atoms with E-state index in [4.69, 9.17) is 5.73 Å². The highest BCUT2D eigenvalue weighted by molar-refractivity contribution is 5.60. The zero-order chi connectivity index (χ0) is 10.1. The molecule has 0 aliphatic heterocycles. The van der Waals surface area contributed by atoms with Crippen molar-refractivity contribution in [3.8, 4) is 0 Å². The summed E-state index contributed by atoms with van der Waals surface area (Å²) >= 11 is 0. The van der Waals surface area contributed by atoms with Crippen LogP contribution >= 0.6 is 0 Å². The van der Waals surface area contributed by atoms with Crippen LogP contribution in [0.2, 0.25) is 0 Å². The van der Waals surface area contributed by atoms with Crippen LogP contribution in [0.15, 0.2) is 12.1 Å². The lowest BCUT2D eigenvalue weighted by molar-refractivity contribution is -0.141. The molecule has 0 saturated heterocycles. The van der Waals surface area contributed by atoms with Crippen LogP contribution in [0.25, 0.3) is 0 Å². The molecule has 1 heterocycles. The Morgan fingerprint density at radius 3 is 2.46 bits per heavy atom. The zero-order valence-corrected chi connectivity index (χ0v) is 6.81. The molecule has 0 amide bonds. The van der Waals surface area contributed by atoms with Gasteiger partial charge in [-0.1, -0.05) is 0 Å². The molecule has 0 unspecified atom stereocenters. The Morgan fingerprint density at radius 2 is 2.00 bits per heavy atom. The molecule has 13 heavy (non-hydrogen) atoms. The minimum absolute atomic E-state index is 0.0369. The Morgan fingerprint density at radius 1 is 1.38 bits per heavy atom. The summed E-state index contributed by atoms with van der Waals surface area (Å²) in [6, 6.07) is 2.01. The van der Waals surface area contributed by atoms with Crippen LogP contribution in [-0.4, -0.2) is 12.0 Å². The fourth-order valence-corrected chi connectivity index (χ4v) is 0.828. The Bertz CT molecular complexity index is 308. The van der Waals surface area contributed by atoms with Crippen LogP contribution < -0.4 is 11.1 Å². The fourth-order valence-electron chi connectivity index (χ4n) is 0.828. The number of nitrogens with one attached hydrogen (secondary N) is 1. The van der Waals surface area contributed by atoms with E-state index in [9.17, 15) is 13.2 Å². The summed E-state index contributed by atoms with van der Waals surface area (Å²) in [6.07, 6.45) is -4.43. The van der Waals surface area contributed by atoms with Crippen molar-refractivity contribution in [2.45, 2.75) is 6.18 Å². The molecule has 3 nitrogen and oxygen atoms in total. The van der Waals surface area contributed by atoms with Crippen LogP contribution in [0, 0.1) is 0 Å². The average molecular weight is 191 g/mol. The van der Waals surface area contributed by atoms with E-state index >= 15 is 0 Å². The first-order valence-corrected chi connectivity index (χ1v) is 3.46. The van der Waals surface area contributed by atoms with Crippen LogP contribution in [0.5, 0.6) is 0 Å². The largest absolute Gasteiger partial charge is 0.433 e. The van der Waals surface area contributed by atoms with Crippen molar-refractivity contribution < 1.29 is 13.2 Å². The van der Waals surface area contributed by atoms with Gasteiger partial charge in [0.1, 0.15) is 11.5 Å². The third-order valence-electron chi connectivity index (χ3n) is 1.45. The highest BCUT2D eigenvalue weighted by Gasteiger charge is 2.32. The van der Waals surface area contributed by atoms with Crippen molar-refractivity contribution in [2.75, 3.05) is 18.1 Å². The van der Waals surface area contributed by atoms with Gasteiger partial charge in [0.25, 0.3) is 0 Å². The molecule has 0 aliphatic carbocycles. The lowest BCUT2D eigenvalue weighted by Gasteiger charge is -2.08. The number of anilines is 2. The number of rotatable bonds is 1. The quantitative estimate of drug-likeness (QED) is 0.710. The number of halogens is 3. The van der Waals surface area contributed by atoms with Gasteiger partial charge < -0.3 is 11.1 Å². The van der Waals surface area contributed by atoms with Crippen LogP contribution in [0.3, 0.4) is 0 Å². The second-order valence-corrected chi connectivity index (χ2v) is 2.38. The molecule has 6 heteroatoms. The van der Waals surface area contributed by atoms with Crippen molar-refractivity contribution in [3.05, 3.63) is 17.8 Å². The Hall–Kier alpha value is -1.46. The standard InChI is InChI=1S/C7H8F3N3/c1-12-6-4(11)2-3-5(13-6)7(8,9)10/h2-3H,11H2,1H3,(H,12,13). The molecule has 0 fully saturated rings. The molecule has 0 spiro atoms.